The van der Waals surface area contributed by atoms with Crippen molar-refractivity contribution in [3.05, 3.63) is 63.9 Å². The maximum atomic E-state index is 13.0. The summed E-state index contributed by atoms with van der Waals surface area (Å²) in [5, 5.41) is 13.9. The molecule has 3 rings (SSSR count). The van der Waals surface area contributed by atoms with E-state index in [1.54, 1.807) is 18.2 Å². The fourth-order valence-corrected chi connectivity index (χ4v) is 3.40. The molecule has 8 heteroatoms. The molecule has 5 nitrogen and oxygen atoms in total. The molecule has 26 heavy (non-hydrogen) atoms. The van der Waals surface area contributed by atoms with Gasteiger partial charge in [0.25, 0.3) is 11.8 Å². The van der Waals surface area contributed by atoms with E-state index in [0.717, 1.165) is 0 Å². The number of anilines is 1. The average molecular weight is 397 g/mol. The van der Waals surface area contributed by atoms with E-state index in [4.69, 9.17) is 23.2 Å². The average Bonchev–Trinajstić information content (AvgIpc) is 2.89. The van der Waals surface area contributed by atoms with E-state index in [2.05, 4.69) is 5.32 Å². The van der Waals surface area contributed by atoms with Crippen molar-refractivity contribution in [2.75, 3.05) is 11.4 Å². The third kappa shape index (κ3) is 3.67. The lowest BCUT2D eigenvalue weighted by Crippen LogP contribution is -2.52. The van der Waals surface area contributed by atoms with Crippen LogP contribution in [0.3, 0.4) is 0 Å². The molecule has 1 saturated heterocycles. The van der Waals surface area contributed by atoms with Gasteiger partial charge in [-0.1, -0.05) is 23.2 Å². The van der Waals surface area contributed by atoms with Crippen molar-refractivity contribution in [1.29, 1.82) is 0 Å². The Morgan fingerprint density at radius 2 is 1.81 bits per heavy atom. The van der Waals surface area contributed by atoms with Crippen molar-refractivity contribution in [1.82, 2.24) is 5.32 Å². The lowest BCUT2D eigenvalue weighted by Gasteiger charge is -2.22. The molecule has 0 aromatic heterocycles. The van der Waals surface area contributed by atoms with Crippen molar-refractivity contribution >= 4 is 40.7 Å². The number of aliphatic hydroxyl groups is 1. The first-order chi connectivity index (χ1) is 12.3. The molecule has 2 N–H and O–H groups in total. The number of rotatable bonds is 4. The van der Waals surface area contributed by atoms with Gasteiger partial charge in [0.2, 0.25) is 5.60 Å². The monoisotopic (exact) mass is 396 g/mol. The van der Waals surface area contributed by atoms with Crippen LogP contribution in [0.5, 0.6) is 0 Å². The van der Waals surface area contributed by atoms with Gasteiger partial charge in [-0.3, -0.25) is 9.59 Å². The Kier molecular flexibility index (Phi) is 5.18. The number of nitrogens with one attached hydrogen (secondary N) is 1. The summed E-state index contributed by atoms with van der Waals surface area (Å²) in [7, 11) is 0. The number of amides is 2. The summed E-state index contributed by atoms with van der Waals surface area (Å²) in [5.74, 6) is -1.98. The lowest BCUT2D eigenvalue weighted by molar-refractivity contribution is -0.149. The number of hydrogen-bond acceptors (Lipinski definition) is 3. The van der Waals surface area contributed by atoms with Crippen molar-refractivity contribution in [2.24, 2.45) is 0 Å². The van der Waals surface area contributed by atoms with Gasteiger partial charge < -0.3 is 15.3 Å². The van der Waals surface area contributed by atoms with Gasteiger partial charge in [0.15, 0.2) is 0 Å². The minimum atomic E-state index is -2.17. The van der Waals surface area contributed by atoms with Gasteiger partial charge in [-0.15, -0.1) is 0 Å². The smallest absolute Gasteiger partial charge is 0.268 e. The molecule has 0 unspecified atom stereocenters. The van der Waals surface area contributed by atoms with Crippen molar-refractivity contribution in [3.8, 4) is 0 Å². The zero-order valence-corrected chi connectivity index (χ0v) is 15.0. The van der Waals surface area contributed by atoms with E-state index >= 15 is 0 Å². The van der Waals surface area contributed by atoms with E-state index in [0.29, 0.717) is 21.3 Å². The summed E-state index contributed by atoms with van der Waals surface area (Å²) in [6, 6.07) is 10.1. The standard InChI is InChI=1S/C18H15Cl2FN2O3/c19-12-7-11(8-13(20)9-12)10-22-16(24)18(26)5-6-23(17(18)25)15-3-1-14(21)2-4-15/h1-4,7-9,26H,5-6,10H2,(H,22,24)/t18-/m0/s1. The highest BCUT2D eigenvalue weighted by molar-refractivity contribution is 6.34. The summed E-state index contributed by atoms with van der Waals surface area (Å²) >= 11 is 11.8. The molecule has 0 bridgehead atoms. The summed E-state index contributed by atoms with van der Waals surface area (Å²) < 4.78 is 13.0. The van der Waals surface area contributed by atoms with Crippen molar-refractivity contribution in [2.45, 2.75) is 18.6 Å². The van der Waals surface area contributed by atoms with Crippen LogP contribution in [0.15, 0.2) is 42.5 Å². The Bertz CT molecular complexity index is 840. The van der Waals surface area contributed by atoms with Crippen LogP contribution < -0.4 is 10.2 Å². The number of hydrogen-bond donors (Lipinski definition) is 2. The minimum Gasteiger partial charge on any atom is -0.372 e. The summed E-state index contributed by atoms with van der Waals surface area (Å²) in [4.78, 5) is 26.2. The zero-order valence-electron chi connectivity index (χ0n) is 13.5. The zero-order chi connectivity index (χ0) is 18.9. The fourth-order valence-electron chi connectivity index (χ4n) is 2.82. The van der Waals surface area contributed by atoms with Gasteiger partial charge in [0, 0.05) is 35.2 Å². The van der Waals surface area contributed by atoms with Crippen LogP contribution in [0.4, 0.5) is 10.1 Å². The van der Waals surface area contributed by atoms with Crippen LogP contribution >= 0.6 is 23.2 Å². The van der Waals surface area contributed by atoms with Crippen LogP contribution in [0.25, 0.3) is 0 Å². The fraction of sp³-hybridized carbons (Fsp3) is 0.222. The van der Waals surface area contributed by atoms with E-state index < -0.39 is 23.2 Å². The molecule has 1 aliphatic rings. The molecule has 2 aromatic rings. The predicted octanol–water partition coefficient (Wildman–Crippen LogP) is 2.92. The second-order valence-electron chi connectivity index (χ2n) is 6.00. The van der Waals surface area contributed by atoms with Crippen LogP contribution in [0.1, 0.15) is 12.0 Å². The number of benzene rings is 2. The number of halogens is 3. The van der Waals surface area contributed by atoms with Gasteiger partial charge in [0.05, 0.1) is 0 Å². The normalized spacial score (nSPS) is 19.7. The van der Waals surface area contributed by atoms with Crippen molar-refractivity contribution in [3.63, 3.8) is 0 Å². The van der Waals surface area contributed by atoms with E-state index in [1.165, 1.54) is 29.2 Å². The van der Waals surface area contributed by atoms with Crippen LogP contribution in [-0.2, 0) is 16.1 Å². The Morgan fingerprint density at radius 1 is 1.19 bits per heavy atom. The highest BCUT2D eigenvalue weighted by Gasteiger charge is 2.51. The molecule has 0 aliphatic carbocycles. The number of carbonyl (C=O) groups is 2. The Morgan fingerprint density at radius 3 is 2.42 bits per heavy atom. The highest BCUT2D eigenvalue weighted by atomic mass is 35.5. The van der Waals surface area contributed by atoms with Crippen LogP contribution in [0.2, 0.25) is 10.0 Å². The molecule has 0 saturated carbocycles. The molecular weight excluding hydrogens is 382 g/mol. The summed E-state index contributed by atoms with van der Waals surface area (Å²) in [5.41, 5.74) is -1.11. The van der Waals surface area contributed by atoms with Crippen molar-refractivity contribution < 1.29 is 19.1 Å². The molecule has 0 spiro atoms. The number of nitrogens with zero attached hydrogens (tertiary/aromatic N) is 1. The van der Waals surface area contributed by atoms with Gasteiger partial charge in [-0.05, 0) is 48.0 Å². The molecule has 2 amide bonds. The molecule has 1 aliphatic heterocycles. The van der Waals surface area contributed by atoms with E-state index in [-0.39, 0.29) is 19.5 Å². The Hall–Kier alpha value is -2.15. The SMILES string of the molecule is O=C(NCc1cc(Cl)cc(Cl)c1)[C@@]1(O)CCN(c2ccc(F)cc2)C1=O. The summed E-state index contributed by atoms with van der Waals surface area (Å²) in [6.07, 6.45) is -0.0641. The molecule has 136 valence electrons. The second-order valence-corrected chi connectivity index (χ2v) is 6.88. The van der Waals surface area contributed by atoms with Crippen LogP contribution in [-0.4, -0.2) is 29.1 Å². The van der Waals surface area contributed by atoms with E-state index in [9.17, 15) is 19.1 Å². The summed E-state index contributed by atoms with van der Waals surface area (Å²) in [6.45, 7) is 0.211. The Balaban J connectivity index is 1.70. The molecular formula is C18H15Cl2FN2O3. The highest BCUT2D eigenvalue weighted by Crippen LogP contribution is 2.29. The van der Waals surface area contributed by atoms with Gasteiger partial charge in [-0.2, -0.15) is 0 Å². The van der Waals surface area contributed by atoms with E-state index in [1.807, 2.05) is 0 Å². The maximum absolute atomic E-state index is 13.0. The first kappa shape index (κ1) is 18.6. The molecule has 1 heterocycles. The van der Waals surface area contributed by atoms with Gasteiger partial charge in [0.1, 0.15) is 5.82 Å². The van der Waals surface area contributed by atoms with Gasteiger partial charge >= 0.3 is 0 Å². The largest absolute Gasteiger partial charge is 0.372 e. The van der Waals surface area contributed by atoms with Gasteiger partial charge in [-0.25, -0.2) is 4.39 Å². The first-order valence-electron chi connectivity index (χ1n) is 7.83. The topological polar surface area (TPSA) is 69.6 Å². The predicted molar refractivity (Wildman–Crippen MR) is 96.6 cm³/mol. The third-order valence-corrected chi connectivity index (χ3v) is 4.62. The number of carbonyl (C=O) groups excluding carboxylic acids is 2. The molecule has 2 aromatic carbocycles. The quantitative estimate of drug-likeness (QED) is 0.780. The molecule has 1 fully saturated rings. The third-order valence-electron chi connectivity index (χ3n) is 4.19. The Labute approximate surface area is 159 Å². The first-order valence-corrected chi connectivity index (χ1v) is 8.58. The second kappa shape index (κ2) is 7.23. The lowest BCUT2D eigenvalue weighted by atomic mass is 10.0. The molecule has 0 radical (unpaired) electrons. The van der Waals surface area contributed by atoms with Crippen LogP contribution in [0, 0.1) is 5.82 Å². The maximum Gasteiger partial charge on any atom is 0.268 e. The molecule has 1 atom stereocenters. The minimum absolute atomic E-state index is 0.0608.